The third-order valence-corrected chi connectivity index (χ3v) is 7.07. The molecule has 0 N–H and O–H groups in total. The Morgan fingerprint density at radius 2 is 1.93 bits per heavy atom. The summed E-state index contributed by atoms with van der Waals surface area (Å²) < 4.78 is 5.39. The van der Waals surface area contributed by atoms with Gasteiger partial charge in [0, 0.05) is 56.3 Å². The highest BCUT2D eigenvalue weighted by Gasteiger charge is 2.51. The first-order valence-electron chi connectivity index (χ1n) is 10.1. The van der Waals surface area contributed by atoms with E-state index in [1.165, 1.54) is 0 Å². The van der Waals surface area contributed by atoms with Crippen LogP contribution in [-0.2, 0) is 9.53 Å². The molecule has 1 aromatic carbocycles. The Balaban J connectivity index is 1.35. The van der Waals surface area contributed by atoms with E-state index in [0.717, 1.165) is 69.2 Å². The van der Waals surface area contributed by atoms with Gasteiger partial charge in [-0.1, -0.05) is 6.07 Å². The van der Waals surface area contributed by atoms with Crippen molar-refractivity contribution in [1.82, 2.24) is 14.7 Å². The molecule has 4 rings (SSSR count). The molecule has 28 heavy (non-hydrogen) atoms. The van der Waals surface area contributed by atoms with Crippen molar-refractivity contribution >= 4 is 23.6 Å². The van der Waals surface area contributed by atoms with Crippen molar-refractivity contribution in [2.45, 2.75) is 17.7 Å². The van der Waals surface area contributed by atoms with Crippen molar-refractivity contribution in [3.63, 3.8) is 0 Å². The number of amides is 2. The lowest BCUT2D eigenvalue weighted by molar-refractivity contribution is -0.135. The van der Waals surface area contributed by atoms with Crippen LogP contribution in [0.3, 0.4) is 0 Å². The molecule has 0 aliphatic carbocycles. The molecule has 6 nitrogen and oxygen atoms in total. The zero-order chi connectivity index (χ0) is 19.6. The van der Waals surface area contributed by atoms with Crippen molar-refractivity contribution < 1.29 is 14.3 Å². The summed E-state index contributed by atoms with van der Waals surface area (Å²) >= 11 is 1.64. The van der Waals surface area contributed by atoms with Gasteiger partial charge in [-0.2, -0.15) is 0 Å². The largest absolute Gasteiger partial charge is 0.379 e. The molecule has 3 aliphatic rings. The maximum absolute atomic E-state index is 13.1. The monoisotopic (exact) mass is 403 g/mol. The van der Waals surface area contributed by atoms with E-state index in [4.69, 9.17) is 4.74 Å². The first kappa shape index (κ1) is 19.7. The maximum atomic E-state index is 13.1. The van der Waals surface area contributed by atoms with Crippen LogP contribution < -0.4 is 0 Å². The molecular formula is C21H29N3O3S. The highest BCUT2D eigenvalue weighted by Crippen LogP contribution is 2.41. The number of morpholine rings is 1. The molecule has 3 saturated heterocycles. The summed E-state index contributed by atoms with van der Waals surface area (Å²) in [5.41, 5.74) is 0.358. The molecule has 1 aromatic rings. The van der Waals surface area contributed by atoms with Crippen molar-refractivity contribution in [3.8, 4) is 0 Å². The predicted octanol–water partition coefficient (Wildman–Crippen LogP) is 1.81. The molecule has 152 valence electrons. The third kappa shape index (κ3) is 3.93. The highest BCUT2D eigenvalue weighted by atomic mass is 32.2. The molecular weight excluding hydrogens is 374 g/mol. The number of carbonyl (C=O) groups is 2. The molecule has 0 radical (unpaired) electrons. The number of nitrogens with zero attached hydrogens (tertiary/aromatic N) is 3. The zero-order valence-corrected chi connectivity index (χ0v) is 17.4. The summed E-state index contributed by atoms with van der Waals surface area (Å²) in [4.78, 5) is 33.4. The van der Waals surface area contributed by atoms with Gasteiger partial charge in [0.2, 0.25) is 5.91 Å². The summed E-state index contributed by atoms with van der Waals surface area (Å²) in [5, 5.41) is 0. The average Bonchev–Trinajstić information content (AvgIpc) is 3.31. The Labute approximate surface area is 171 Å². The topological polar surface area (TPSA) is 53.1 Å². The van der Waals surface area contributed by atoms with Crippen molar-refractivity contribution in [1.29, 1.82) is 0 Å². The van der Waals surface area contributed by atoms with Crippen LogP contribution in [0, 0.1) is 5.41 Å². The van der Waals surface area contributed by atoms with Gasteiger partial charge in [0.25, 0.3) is 5.91 Å². The van der Waals surface area contributed by atoms with Crippen LogP contribution in [0.1, 0.15) is 23.2 Å². The van der Waals surface area contributed by atoms with Crippen LogP contribution in [0.25, 0.3) is 0 Å². The SMILES string of the molecule is CSc1cccc(C(=O)N2CCC3(CCN(CCN4CCOCC4)C3=O)C2)c1. The minimum Gasteiger partial charge on any atom is -0.379 e. The Hall–Kier alpha value is -1.57. The second kappa shape index (κ2) is 8.43. The Bertz CT molecular complexity index is 737. The fourth-order valence-electron chi connectivity index (χ4n) is 4.56. The summed E-state index contributed by atoms with van der Waals surface area (Å²) in [6.45, 7) is 7.20. The smallest absolute Gasteiger partial charge is 0.253 e. The molecule has 1 unspecified atom stereocenters. The van der Waals surface area contributed by atoms with E-state index in [9.17, 15) is 9.59 Å². The first-order valence-corrected chi connectivity index (χ1v) is 11.4. The number of hydrogen-bond acceptors (Lipinski definition) is 5. The third-order valence-electron chi connectivity index (χ3n) is 6.35. The van der Waals surface area contributed by atoms with Crippen LogP contribution >= 0.6 is 11.8 Å². The number of likely N-dealkylation sites (tertiary alicyclic amines) is 2. The number of benzene rings is 1. The lowest BCUT2D eigenvalue weighted by Gasteiger charge is -2.29. The number of carbonyl (C=O) groups excluding carboxylic acids is 2. The summed E-state index contributed by atoms with van der Waals surface area (Å²) in [6, 6.07) is 7.76. The minimum atomic E-state index is -0.363. The number of ether oxygens (including phenoxy) is 1. The van der Waals surface area contributed by atoms with E-state index >= 15 is 0 Å². The number of rotatable bonds is 5. The normalized spacial score (nSPS) is 25.8. The molecule has 3 heterocycles. The van der Waals surface area contributed by atoms with Crippen LogP contribution in [0.15, 0.2) is 29.2 Å². The second-order valence-electron chi connectivity index (χ2n) is 7.99. The van der Waals surface area contributed by atoms with Crippen LogP contribution in [0.2, 0.25) is 0 Å². The molecule has 0 bridgehead atoms. The molecule has 7 heteroatoms. The molecule has 3 fully saturated rings. The van der Waals surface area contributed by atoms with E-state index in [0.29, 0.717) is 13.1 Å². The van der Waals surface area contributed by atoms with Gasteiger partial charge in [0.05, 0.1) is 18.6 Å². The molecule has 1 spiro atoms. The number of thioether (sulfide) groups is 1. The fourth-order valence-corrected chi connectivity index (χ4v) is 5.02. The summed E-state index contributed by atoms with van der Waals surface area (Å²) in [7, 11) is 0. The highest BCUT2D eigenvalue weighted by molar-refractivity contribution is 7.98. The first-order chi connectivity index (χ1) is 13.6. The van der Waals surface area contributed by atoms with E-state index in [2.05, 4.69) is 4.90 Å². The van der Waals surface area contributed by atoms with Crippen LogP contribution in [0.4, 0.5) is 0 Å². The molecule has 1 atom stereocenters. The van der Waals surface area contributed by atoms with Crippen molar-refractivity contribution in [2.24, 2.45) is 5.41 Å². The Morgan fingerprint density at radius 3 is 2.71 bits per heavy atom. The molecule has 2 amide bonds. The second-order valence-corrected chi connectivity index (χ2v) is 8.86. The van der Waals surface area contributed by atoms with Gasteiger partial charge in [-0.3, -0.25) is 14.5 Å². The minimum absolute atomic E-state index is 0.0485. The molecule has 3 aliphatic heterocycles. The molecule has 0 saturated carbocycles. The van der Waals surface area contributed by atoms with Crippen LogP contribution in [0.5, 0.6) is 0 Å². The van der Waals surface area contributed by atoms with E-state index in [1.807, 2.05) is 40.3 Å². The van der Waals surface area contributed by atoms with E-state index in [1.54, 1.807) is 11.8 Å². The van der Waals surface area contributed by atoms with Gasteiger partial charge in [-0.15, -0.1) is 11.8 Å². The van der Waals surface area contributed by atoms with E-state index in [-0.39, 0.29) is 17.2 Å². The Morgan fingerprint density at radius 1 is 1.14 bits per heavy atom. The standard InChI is InChI=1S/C21H29N3O3S/c1-28-18-4-2-3-17(15-18)19(25)24-8-6-21(16-24)5-7-23(20(21)26)10-9-22-11-13-27-14-12-22/h2-4,15H,5-14,16H2,1H3. The van der Waals surface area contributed by atoms with Gasteiger partial charge in [-0.25, -0.2) is 0 Å². The van der Waals surface area contributed by atoms with Crippen molar-refractivity contribution in [3.05, 3.63) is 29.8 Å². The van der Waals surface area contributed by atoms with Gasteiger partial charge in [-0.05, 0) is 37.3 Å². The van der Waals surface area contributed by atoms with Gasteiger partial charge in [0.1, 0.15) is 0 Å². The van der Waals surface area contributed by atoms with Gasteiger partial charge < -0.3 is 14.5 Å². The lowest BCUT2D eigenvalue weighted by atomic mass is 9.85. The number of hydrogen-bond donors (Lipinski definition) is 0. The quantitative estimate of drug-likeness (QED) is 0.702. The van der Waals surface area contributed by atoms with Crippen LogP contribution in [-0.4, -0.2) is 91.8 Å². The van der Waals surface area contributed by atoms with Crippen molar-refractivity contribution in [2.75, 3.05) is 65.3 Å². The fraction of sp³-hybridized carbons (Fsp3) is 0.619. The van der Waals surface area contributed by atoms with Gasteiger partial charge in [0.15, 0.2) is 0 Å². The predicted molar refractivity (Wildman–Crippen MR) is 110 cm³/mol. The van der Waals surface area contributed by atoms with Gasteiger partial charge >= 0.3 is 0 Å². The zero-order valence-electron chi connectivity index (χ0n) is 16.6. The molecule has 0 aromatic heterocycles. The maximum Gasteiger partial charge on any atom is 0.253 e. The Kier molecular flexibility index (Phi) is 5.94. The van der Waals surface area contributed by atoms with E-state index < -0.39 is 0 Å². The summed E-state index contributed by atoms with van der Waals surface area (Å²) in [6.07, 6.45) is 3.66. The summed E-state index contributed by atoms with van der Waals surface area (Å²) in [5.74, 6) is 0.293. The average molecular weight is 404 g/mol. The lowest BCUT2D eigenvalue weighted by Crippen LogP contribution is -2.43.